The normalized spacial score (nSPS) is 19.2. The number of allylic oxidation sites excluding steroid dienone is 2. The van der Waals surface area contributed by atoms with Crippen LogP contribution in [0, 0.1) is 5.41 Å². The average Bonchev–Trinajstić information content (AvgIpc) is 2.55. The summed E-state index contributed by atoms with van der Waals surface area (Å²) < 4.78 is 0. The summed E-state index contributed by atoms with van der Waals surface area (Å²) in [5.41, 5.74) is 8.99. The molecule has 1 aliphatic rings. The van der Waals surface area contributed by atoms with E-state index in [0.29, 0.717) is 6.54 Å². The number of carbonyl (C=O) groups is 2. The van der Waals surface area contributed by atoms with Gasteiger partial charge >= 0.3 is 11.9 Å². The molecule has 7 nitrogen and oxygen atoms in total. The van der Waals surface area contributed by atoms with Gasteiger partial charge in [-0.2, -0.15) is 0 Å². The lowest BCUT2D eigenvalue weighted by molar-refractivity contribution is -0.145. The molecule has 0 heterocycles. The number of anilines is 1. The highest BCUT2D eigenvalue weighted by molar-refractivity contribution is 5.90. The Morgan fingerprint density at radius 1 is 1.26 bits per heavy atom. The van der Waals surface area contributed by atoms with Gasteiger partial charge in [0.25, 0.3) is 0 Å². The molecule has 0 radical (unpaired) electrons. The first-order chi connectivity index (χ1) is 10.8. The van der Waals surface area contributed by atoms with E-state index in [9.17, 15) is 9.59 Å². The zero-order valence-corrected chi connectivity index (χ0v) is 12.8. The van der Waals surface area contributed by atoms with Crippen molar-refractivity contribution in [2.24, 2.45) is 17.0 Å². The zero-order valence-electron chi connectivity index (χ0n) is 12.8. The van der Waals surface area contributed by atoms with E-state index in [4.69, 9.17) is 21.8 Å². The Morgan fingerprint density at radius 2 is 1.87 bits per heavy atom. The molecule has 7 N–H and O–H groups in total. The number of carboxylic acid groups (broad SMARTS) is 2. The molecule has 0 spiro atoms. The summed E-state index contributed by atoms with van der Waals surface area (Å²) in [4.78, 5) is 21.3. The van der Waals surface area contributed by atoms with E-state index in [1.165, 1.54) is 25.2 Å². The lowest BCUT2D eigenvalue weighted by Crippen LogP contribution is -2.28. The summed E-state index contributed by atoms with van der Waals surface area (Å²) in [5.74, 6) is 3.10. The second kappa shape index (κ2) is 8.11. The van der Waals surface area contributed by atoms with Crippen LogP contribution in [-0.2, 0) is 16.1 Å². The van der Waals surface area contributed by atoms with Gasteiger partial charge in [-0.05, 0) is 31.0 Å². The van der Waals surface area contributed by atoms with Gasteiger partial charge < -0.3 is 21.4 Å². The predicted molar refractivity (Wildman–Crippen MR) is 87.4 cm³/mol. The van der Waals surface area contributed by atoms with Crippen molar-refractivity contribution in [1.29, 1.82) is 0 Å². The van der Waals surface area contributed by atoms with Gasteiger partial charge in [-0.1, -0.05) is 30.4 Å². The lowest BCUT2D eigenvalue weighted by atomic mass is 9.80. The maximum atomic E-state index is 10.8. The third-order valence-corrected chi connectivity index (χ3v) is 3.44. The van der Waals surface area contributed by atoms with Gasteiger partial charge in [0.2, 0.25) is 0 Å². The number of nitrogens with two attached hydrogens (primary N) is 2. The maximum absolute atomic E-state index is 10.8. The van der Waals surface area contributed by atoms with Crippen LogP contribution in [0.5, 0.6) is 0 Å². The molecule has 7 heteroatoms. The van der Waals surface area contributed by atoms with Crippen LogP contribution in [0.25, 0.3) is 0 Å². The minimum Gasteiger partial charge on any atom is -0.481 e. The first-order valence-electron chi connectivity index (χ1n) is 6.93. The molecule has 124 valence electrons. The summed E-state index contributed by atoms with van der Waals surface area (Å²) in [5, 5.41) is 17.5. The van der Waals surface area contributed by atoms with E-state index < -0.39 is 17.4 Å². The third kappa shape index (κ3) is 5.24. The summed E-state index contributed by atoms with van der Waals surface area (Å²) in [7, 11) is 0. The van der Waals surface area contributed by atoms with Crippen LogP contribution >= 0.6 is 0 Å². The minimum absolute atomic E-state index is 0.0359. The topological polar surface area (TPSA) is 139 Å². The Morgan fingerprint density at radius 3 is 2.30 bits per heavy atom. The minimum atomic E-state index is -1.08. The lowest BCUT2D eigenvalue weighted by Gasteiger charge is -2.23. The number of benzene rings is 1. The molecular weight excluding hydrogens is 298 g/mol. The molecule has 1 unspecified atom stereocenters. The number of hydrogen-bond donors (Lipinski definition) is 5. The summed E-state index contributed by atoms with van der Waals surface area (Å²) in [6.45, 7) is 2.08. The highest BCUT2D eigenvalue weighted by atomic mass is 16.4. The van der Waals surface area contributed by atoms with Gasteiger partial charge in [0.1, 0.15) is 0 Å². The van der Waals surface area contributed by atoms with Crippen molar-refractivity contribution in [3.8, 4) is 0 Å². The van der Waals surface area contributed by atoms with Crippen LogP contribution in [0.1, 0.15) is 18.9 Å². The Hall–Kier alpha value is -2.64. The fourth-order valence-electron chi connectivity index (χ4n) is 1.92. The number of hydrazine groups is 1. The van der Waals surface area contributed by atoms with Gasteiger partial charge in [0, 0.05) is 17.8 Å². The van der Waals surface area contributed by atoms with Crippen LogP contribution in [0.2, 0.25) is 0 Å². The van der Waals surface area contributed by atoms with Crippen LogP contribution in [0.15, 0.2) is 48.1 Å². The van der Waals surface area contributed by atoms with Crippen LogP contribution < -0.4 is 17.0 Å². The van der Waals surface area contributed by atoms with Crippen molar-refractivity contribution in [2.75, 3.05) is 5.43 Å². The predicted octanol–water partition coefficient (Wildman–Crippen LogP) is 1.48. The summed E-state index contributed by atoms with van der Waals surface area (Å²) in [6.07, 6.45) is 4.43. The molecule has 23 heavy (non-hydrogen) atoms. The van der Waals surface area contributed by atoms with Gasteiger partial charge in [0.15, 0.2) is 0 Å². The molecule has 0 bridgehead atoms. The van der Waals surface area contributed by atoms with Crippen molar-refractivity contribution in [2.45, 2.75) is 19.9 Å². The van der Waals surface area contributed by atoms with E-state index in [2.05, 4.69) is 5.43 Å². The number of nitrogens with one attached hydrogen (secondary N) is 1. The molecule has 0 amide bonds. The third-order valence-electron chi connectivity index (χ3n) is 3.44. The molecule has 0 aliphatic heterocycles. The SMILES string of the molecule is CC1(C(=O)O)C=CC=C(C(=O)O)C1.NCc1ccc(NN)cc1. The van der Waals surface area contributed by atoms with Crippen LogP contribution in [0.4, 0.5) is 5.69 Å². The van der Waals surface area contributed by atoms with E-state index in [-0.39, 0.29) is 12.0 Å². The molecule has 0 fully saturated rings. The van der Waals surface area contributed by atoms with Crippen molar-refractivity contribution in [3.63, 3.8) is 0 Å². The van der Waals surface area contributed by atoms with Crippen LogP contribution in [0.3, 0.4) is 0 Å². The number of rotatable bonds is 4. The Kier molecular flexibility index (Phi) is 6.49. The fourth-order valence-corrected chi connectivity index (χ4v) is 1.92. The standard InChI is InChI=1S/C9H10O4.C7H11N3/c1-9(8(12)13)4-2-3-6(5-9)7(10)11;8-5-6-1-3-7(10-9)4-2-6/h2-4H,5H2,1H3,(H,10,11)(H,12,13);1-4,10H,5,8-9H2. The molecule has 0 saturated carbocycles. The summed E-state index contributed by atoms with van der Waals surface area (Å²) >= 11 is 0. The Balaban J connectivity index is 0.000000238. The second-order valence-corrected chi connectivity index (χ2v) is 5.30. The van der Waals surface area contributed by atoms with E-state index in [1.54, 1.807) is 0 Å². The molecule has 1 atom stereocenters. The Bertz CT molecular complexity index is 600. The maximum Gasteiger partial charge on any atom is 0.331 e. The molecular formula is C16H21N3O4. The van der Waals surface area contributed by atoms with Crippen molar-refractivity contribution < 1.29 is 19.8 Å². The van der Waals surface area contributed by atoms with Crippen LogP contribution in [-0.4, -0.2) is 22.2 Å². The molecule has 0 aromatic heterocycles. The molecule has 2 rings (SSSR count). The second-order valence-electron chi connectivity index (χ2n) is 5.30. The van der Waals surface area contributed by atoms with Crippen molar-refractivity contribution >= 4 is 17.6 Å². The van der Waals surface area contributed by atoms with Crippen molar-refractivity contribution in [3.05, 3.63) is 53.6 Å². The first kappa shape index (κ1) is 18.4. The highest BCUT2D eigenvalue weighted by Crippen LogP contribution is 2.31. The zero-order chi connectivity index (χ0) is 17.5. The van der Waals surface area contributed by atoms with Gasteiger partial charge in [-0.15, -0.1) is 0 Å². The smallest absolute Gasteiger partial charge is 0.331 e. The number of carboxylic acids is 2. The number of aliphatic carboxylic acids is 2. The van der Waals surface area contributed by atoms with E-state index in [1.807, 2.05) is 24.3 Å². The highest BCUT2D eigenvalue weighted by Gasteiger charge is 2.34. The van der Waals surface area contributed by atoms with Gasteiger partial charge in [-0.3, -0.25) is 10.6 Å². The largest absolute Gasteiger partial charge is 0.481 e. The molecule has 0 saturated heterocycles. The van der Waals surface area contributed by atoms with E-state index in [0.717, 1.165) is 11.3 Å². The Labute approximate surface area is 134 Å². The first-order valence-corrected chi connectivity index (χ1v) is 6.93. The monoisotopic (exact) mass is 319 g/mol. The van der Waals surface area contributed by atoms with E-state index >= 15 is 0 Å². The number of hydrogen-bond acceptors (Lipinski definition) is 5. The average molecular weight is 319 g/mol. The molecule has 1 aromatic rings. The summed E-state index contributed by atoms with van der Waals surface area (Å²) in [6, 6.07) is 7.66. The van der Waals surface area contributed by atoms with Gasteiger partial charge in [0.05, 0.1) is 5.41 Å². The molecule has 1 aliphatic carbocycles. The fraction of sp³-hybridized carbons (Fsp3) is 0.250. The quantitative estimate of drug-likeness (QED) is 0.418. The molecule has 1 aromatic carbocycles. The van der Waals surface area contributed by atoms with Gasteiger partial charge in [-0.25, -0.2) is 4.79 Å². The van der Waals surface area contributed by atoms with Crippen molar-refractivity contribution in [1.82, 2.24) is 0 Å². The number of nitrogen functional groups attached to an aromatic ring is 1.